The number of nitrogens with zero attached hydrogens (tertiary/aromatic N) is 4. The first-order chi connectivity index (χ1) is 18.1. The molecule has 0 aliphatic carbocycles. The highest BCUT2D eigenvalue weighted by molar-refractivity contribution is 7.12. The zero-order valence-electron chi connectivity index (χ0n) is 22.1. The van der Waals surface area contributed by atoms with Gasteiger partial charge >= 0.3 is 5.82 Å². The summed E-state index contributed by atoms with van der Waals surface area (Å²) in [5, 5.41) is 19.3. The maximum Gasteiger partial charge on any atom is 0.536 e. The number of nitriles is 2. The quantitative estimate of drug-likeness (QED) is 0.255. The monoisotopic (exact) mass is 528 g/mol. The van der Waals surface area contributed by atoms with Gasteiger partial charge < -0.3 is 0 Å². The molecular weight excluding hydrogens is 505 g/mol. The van der Waals surface area contributed by atoms with Gasteiger partial charge in [-0.3, -0.25) is 0 Å². The fourth-order valence-electron chi connectivity index (χ4n) is 5.20. The van der Waals surface area contributed by atoms with E-state index in [-0.39, 0.29) is 11.4 Å². The molecule has 4 rings (SSSR count). The number of benzene rings is 2. The van der Waals surface area contributed by atoms with E-state index in [0.29, 0.717) is 9.06 Å². The highest BCUT2D eigenvalue weighted by Gasteiger charge is 2.18. The fraction of sp³-hybridized carbons (Fsp3) is 0.188. The van der Waals surface area contributed by atoms with Crippen molar-refractivity contribution in [2.24, 2.45) is 0 Å². The van der Waals surface area contributed by atoms with Crippen molar-refractivity contribution in [3.05, 3.63) is 111 Å². The molecule has 0 amide bonds. The van der Waals surface area contributed by atoms with Crippen molar-refractivity contribution in [3.8, 4) is 34.4 Å². The SMILES string of the molecule is [C-]#[N+]C([N+]#[C-])=c1cc(-c2c(C)cc(C)cc2C)/c(=c2\sc(=C(C#N)C#N)cc2-c2c(C)cc(C)cc2C)s1. The maximum atomic E-state index is 9.67. The van der Waals surface area contributed by atoms with Gasteiger partial charge in [-0.15, -0.1) is 22.7 Å². The summed E-state index contributed by atoms with van der Waals surface area (Å²) in [6.07, 6.45) is 0. The van der Waals surface area contributed by atoms with E-state index in [1.807, 2.05) is 24.3 Å². The average Bonchev–Trinajstić information content (AvgIpc) is 3.45. The minimum Gasteiger partial charge on any atom is -0.192 e. The number of hydrogen-bond acceptors (Lipinski definition) is 4. The van der Waals surface area contributed by atoms with Crippen molar-refractivity contribution < 1.29 is 0 Å². The van der Waals surface area contributed by atoms with Crippen molar-refractivity contribution in [2.75, 3.05) is 0 Å². The first-order valence-electron chi connectivity index (χ1n) is 11.9. The third-order valence-electron chi connectivity index (χ3n) is 6.47. The van der Waals surface area contributed by atoms with Crippen LogP contribution in [0.4, 0.5) is 0 Å². The van der Waals surface area contributed by atoms with E-state index in [2.05, 4.69) is 75.5 Å². The lowest BCUT2D eigenvalue weighted by molar-refractivity contribution is 1.32. The van der Waals surface area contributed by atoms with Crippen LogP contribution in [0, 0.1) is 86.4 Å². The summed E-state index contributed by atoms with van der Waals surface area (Å²) in [7, 11) is 0. The molecule has 4 nitrogen and oxygen atoms in total. The van der Waals surface area contributed by atoms with Gasteiger partial charge in [-0.1, -0.05) is 35.4 Å². The third kappa shape index (κ3) is 4.65. The van der Waals surface area contributed by atoms with Crippen LogP contribution in [0.1, 0.15) is 33.4 Å². The molecule has 0 atom stereocenters. The van der Waals surface area contributed by atoms with E-state index in [9.17, 15) is 10.5 Å². The van der Waals surface area contributed by atoms with Gasteiger partial charge in [0.25, 0.3) is 0 Å². The maximum absolute atomic E-state index is 9.67. The zero-order valence-corrected chi connectivity index (χ0v) is 23.7. The Bertz CT molecular complexity index is 1800. The predicted molar refractivity (Wildman–Crippen MR) is 156 cm³/mol. The molecule has 0 aliphatic rings. The van der Waals surface area contributed by atoms with Gasteiger partial charge in [0.05, 0.1) is 13.6 Å². The molecule has 0 N–H and O–H groups in total. The lowest BCUT2D eigenvalue weighted by Crippen LogP contribution is -1.96. The molecule has 4 aromatic rings. The standard InChI is InChI=1S/C32H24N4S2/c1-17-9-19(3)28(20(4)10-17)24-13-26(23(15-33)16-34)37-30(24)31-25(14-27(38-31)32(35-7)36-8)29-21(5)11-18(2)12-22(29)6/h9-14H,1-6H3/b31-30+. The fourth-order valence-corrected chi connectivity index (χ4v) is 7.57. The van der Waals surface area contributed by atoms with Crippen molar-refractivity contribution in [2.45, 2.75) is 41.5 Å². The van der Waals surface area contributed by atoms with E-state index in [4.69, 9.17) is 13.1 Å². The van der Waals surface area contributed by atoms with E-state index in [0.717, 1.165) is 53.6 Å². The van der Waals surface area contributed by atoms with Gasteiger partial charge in [-0.25, -0.2) is 0 Å². The first kappa shape index (κ1) is 26.6. The Balaban J connectivity index is 2.40. The zero-order chi connectivity index (χ0) is 27.7. The van der Waals surface area contributed by atoms with E-state index in [1.54, 1.807) is 0 Å². The third-order valence-corrected chi connectivity index (χ3v) is 8.91. The molecule has 38 heavy (non-hydrogen) atoms. The molecule has 6 heteroatoms. The van der Waals surface area contributed by atoms with Gasteiger partial charge in [0.15, 0.2) is 0 Å². The van der Waals surface area contributed by atoms with Crippen LogP contribution in [0.25, 0.3) is 43.3 Å². The predicted octanol–water partition coefficient (Wildman–Crippen LogP) is 7.38. The smallest absolute Gasteiger partial charge is 0.192 e. The van der Waals surface area contributed by atoms with E-state index < -0.39 is 0 Å². The number of hydrogen-bond donors (Lipinski definition) is 0. The van der Waals surface area contributed by atoms with Crippen LogP contribution in [0.2, 0.25) is 0 Å². The second-order valence-electron chi connectivity index (χ2n) is 9.40. The normalized spacial score (nSPS) is 11.2. The van der Waals surface area contributed by atoms with Crippen LogP contribution in [-0.4, -0.2) is 0 Å². The minimum absolute atomic E-state index is 0.0345. The van der Waals surface area contributed by atoms with Gasteiger partial charge in [0.2, 0.25) is 0 Å². The average molecular weight is 529 g/mol. The number of rotatable bonds is 2. The molecular formula is C32H24N4S2. The summed E-state index contributed by atoms with van der Waals surface area (Å²) < 4.78 is 3.08. The van der Waals surface area contributed by atoms with E-state index in [1.165, 1.54) is 33.8 Å². The molecule has 0 saturated carbocycles. The molecule has 184 valence electrons. The topological polar surface area (TPSA) is 56.3 Å². The van der Waals surface area contributed by atoms with Crippen molar-refractivity contribution >= 4 is 34.1 Å². The van der Waals surface area contributed by atoms with Crippen LogP contribution >= 0.6 is 22.7 Å². The molecule has 2 heterocycles. The molecule has 2 aromatic heterocycles. The molecule has 0 unspecified atom stereocenters. The molecule has 0 radical (unpaired) electrons. The molecule has 2 aromatic carbocycles. The lowest BCUT2D eigenvalue weighted by atomic mass is 9.93. The summed E-state index contributed by atoms with van der Waals surface area (Å²) in [5.74, 6) is 0.0345. The summed E-state index contributed by atoms with van der Waals surface area (Å²) in [6, 6.07) is 16.6. The lowest BCUT2D eigenvalue weighted by Gasteiger charge is -2.12. The number of thiophene rings is 2. The van der Waals surface area contributed by atoms with E-state index >= 15 is 0 Å². The van der Waals surface area contributed by atoms with Gasteiger partial charge in [0.1, 0.15) is 35.4 Å². The molecule has 0 bridgehead atoms. The summed E-state index contributed by atoms with van der Waals surface area (Å²) in [5.41, 5.74) is 10.9. The van der Waals surface area contributed by atoms with Crippen LogP contribution < -0.4 is 9.06 Å². The number of aryl methyl sites for hydroxylation is 6. The van der Waals surface area contributed by atoms with Gasteiger partial charge in [-0.05, 0) is 87.1 Å². The summed E-state index contributed by atoms with van der Waals surface area (Å²) >= 11 is 2.84. The molecule has 0 saturated heterocycles. The second-order valence-corrected chi connectivity index (χ2v) is 11.5. The Morgan fingerprint density at radius 2 is 1.00 bits per heavy atom. The van der Waals surface area contributed by atoms with Crippen molar-refractivity contribution in [1.82, 2.24) is 0 Å². The highest BCUT2D eigenvalue weighted by Crippen LogP contribution is 2.35. The highest BCUT2D eigenvalue weighted by atomic mass is 32.1. The van der Waals surface area contributed by atoms with Crippen LogP contribution in [0.5, 0.6) is 0 Å². The Morgan fingerprint density at radius 3 is 1.37 bits per heavy atom. The van der Waals surface area contributed by atoms with Crippen LogP contribution in [-0.2, 0) is 0 Å². The van der Waals surface area contributed by atoms with Crippen LogP contribution in [0.15, 0.2) is 36.4 Å². The Kier molecular flexibility index (Phi) is 7.35. The van der Waals surface area contributed by atoms with Crippen molar-refractivity contribution in [3.63, 3.8) is 0 Å². The van der Waals surface area contributed by atoms with Gasteiger partial charge in [0, 0.05) is 11.1 Å². The van der Waals surface area contributed by atoms with Gasteiger partial charge in [-0.2, -0.15) is 20.2 Å². The first-order valence-corrected chi connectivity index (χ1v) is 13.5. The molecule has 0 fully saturated rings. The Labute approximate surface area is 230 Å². The summed E-state index contributed by atoms with van der Waals surface area (Å²) in [4.78, 5) is 6.98. The summed E-state index contributed by atoms with van der Waals surface area (Å²) in [6.45, 7) is 27.6. The minimum atomic E-state index is 0.0345. The second kappa shape index (κ2) is 10.5. The van der Waals surface area contributed by atoms with Crippen LogP contribution in [0.3, 0.4) is 0 Å². The Morgan fingerprint density at radius 1 is 0.632 bits per heavy atom. The Hall–Kier alpha value is -4.46. The molecule has 0 spiro atoms. The van der Waals surface area contributed by atoms with Crippen molar-refractivity contribution in [1.29, 1.82) is 10.5 Å². The molecule has 0 aliphatic heterocycles. The largest absolute Gasteiger partial charge is 0.536 e.